The molecule has 24 heavy (non-hydrogen) atoms. The molecule has 0 saturated heterocycles. The first kappa shape index (κ1) is 16.4. The summed E-state index contributed by atoms with van der Waals surface area (Å²) < 4.78 is 41.3. The van der Waals surface area contributed by atoms with Gasteiger partial charge in [0.15, 0.2) is 0 Å². The van der Waals surface area contributed by atoms with E-state index in [0.717, 1.165) is 0 Å². The Hall–Kier alpha value is -2.41. The van der Waals surface area contributed by atoms with Crippen LogP contribution in [0.2, 0.25) is 0 Å². The van der Waals surface area contributed by atoms with Crippen LogP contribution >= 0.6 is 22.6 Å². The molecule has 3 aromatic rings. The molecule has 0 N–H and O–H groups in total. The van der Waals surface area contributed by atoms with Gasteiger partial charge in [-0.25, -0.2) is 0 Å². The predicted octanol–water partition coefficient (Wildman–Crippen LogP) is 4.67. The van der Waals surface area contributed by atoms with Crippen LogP contribution in [0.4, 0.5) is 13.2 Å². The van der Waals surface area contributed by atoms with Crippen LogP contribution in [0.3, 0.4) is 0 Å². The smallest absolute Gasteiger partial charge is 0.406 e. The molecule has 3 rings (SSSR count). The van der Waals surface area contributed by atoms with Gasteiger partial charge in [-0.05, 0) is 46.4 Å². The van der Waals surface area contributed by atoms with Crippen LogP contribution in [0, 0.1) is 14.9 Å². The molecular formula is C16H7F3IN3O. The second-order valence-electron chi connectivity index (χ2n) is 4.72. The minimum Gasteiger partial charge on any atom is -0.406 e. The average Bonchev–Trinajstić information content (AvgIpc) is 2.53. The van der Waals surface area contributed by atoms with Gasteiger partial charge in [0.1, 0.15) is 17.3 Å². The maximum atomic E-state index is 12.2. The van der Waals surface area contributed by atoms with E-state index in [4.69, 9.17) is 0 Å². The average molecular weight is 441 g/mol. The molecule has 1 aromatic heterocycles. The molecule has 0 atom stereocenters. The topological polar surface area (TPSA) is 58.8 Å². The molecule has 4 nitrogen and oxygen atoms in total. The molecule has 120 valence electrons. The molecule has 0 spiro atoms. The number of aromatic nitrogens is 2. The van der Waals surface area contributed by atoms with Gasteiger partial charge in [-0.3, -0.25) is 9.97 Å². The summed E-state index contributed by atoms with van der Waals surface area (Å²) in [5.74, 6) is -0.301. The van der Waals surface area contributed by atoms with E-state index in [2.05, 4.69) is 20.8 Å². The summed E-state index contributed by atoms with van der Waals surface area (Å²) in [5, 5.41) is 9.28. The van der Waals surface area contributed by atoms with E-state index in [0.29, 0.717) is 31.3 Å². The van der Waals surface area contributed by atoms with E-state index < -0.39 is 6.36 Å². The number of hydrogen-bond donors (Lipinski definition) is 0. The molecule has 0 unspecified atom stereocenters. The third-order valence-corrected chi connectivity index (χ3v) is 4.06. The molecule has 1 heterocycles. The van der Waals surface area contributed by atoms with Crippen molar-refractivity contribution in [1.82, 2.24) is 9.97 Å². The van der Waals surface area contributed by atoms with Gasteiger partial charge in [0, 0.05) is 21.5 Å². The van der Waals surface area contributed by atoms with Crippen molar-refractivity contribution < 1.29 is 17.9 Å². The van der Waals surface area contributed by atoms with Crippen molar-refractivity contribution in [3.05, 3.63) is 51.9 Å². The molecule has 0 aliphatic rings. The van der Waals surface area contributed by atoms with Crippen LogP contribution in [0.1, 0.15) is 5.56 Å². The lowest BCUT2D eigenvalue weighted by atomic mass is 10.0. The van der Waals surface area contributed by atoms with Crippen LogP contribution in [-0.2, 0) is 0 Å². The molecule has 0 bridgehead atoms. The molecule has 0 fully saturated rings. The second kappa shape index (κ2) is 6.24. The summed E-state index contributed by atoms with van der Waals surface area (Å²) in [6.45, 7) is 0. The lowest BCUT2D eigenvalue weighted by Gasteiger charge is -2.11. The van der Waals surface area contributed by atoms with Gasteiger partial charge >= 0.3 is 6.36 Å². The zero-order valence-electron chi connectivity index (χ0n) is 11.8. The predicted molar refractivity (Wildman–Crippen MR) is 89.1 cm³/mol. The fourth-order valence-electron chi connectivity index (χ4n) is 2.26. The highest BCUT2D eigenvalue weighted by Crippen LogP contribution is 2.33. The fraction of sp³-hybridized carbons (Fsp3) is 0.0625. The third kappa shape index (κ3) is 3.26. The van der Waals surface area contributed by atoms with Crippen molar-refractivity contribution in [2.24, 2.45) is 0 Å². The molecule has 8 heteroatoms. The first-order valence-corrected chi connectivity index (χ1v) is 7.66. The number of nitrogens with zero attached hydrogens (tertiary/aromatic N) is 3. The fourth-order valence-corrected chi connectivity index (χ4v) is 2.95. The number of benzene rings is 2. The van der Waals surface area contributed by atoms with Crippen LogP contribution < -0.4 is 4.74 Å². The van der Waals surface area contributed by atoms with Gasteiger partial charge in [-0.1, -0.05) is 12.1 Å². The van der Waals surface area contributed by atoms with Crippen molar-refractivity contribution in [3.63, 3.8) is 0 Å². The summed E-state index contributed by atoms with van der Waals surface area (Å²) in [5.41, 5.74) is 2.72. The van der Waals surface area contributed by atoms with Gasteiger partial charge in [-0.15, -0.1) is 13.2 Å². The van der Waals surface area contributed by atoms with Crippen molar-refractivity contribution >= 4 is 33.6 Å². The van der Waals surface area contributed by atoms with E-state index >= 15 is 0 Å². The van der Waals surface area contributed by atoms with Gasteiger partial charge in [0.2, 0.25) is 0 Å². The van der Waals surface area contributed by atoms with Crippen LogP contribution in [0.25, 0.3) is 22.2 Å². The number of alkyl halides is 3. The van der Waals surface area contributed by atoms with Crippen molar-refractivity contribution in [1.29, 1.82) is 5.26 Å². The van der Waals surface area contributed by atoms with E-state index in [1.54, 1.807) is 6.07 Å². The highest BCUT2D eigenvalue weighted by molar-refractivity contribution is 14.1. The van der Waals surface area contributed by atoms with Crippen LogP contribution in [-0.4, -0.2) is 16.3 Å². The van der Waals surface area contributed by atoms with E-state index in [-0.39, 0.29) is 5.75 Å². The number of ether oxygens (including phenoxy) is 1. The summed E-state index contributed by atoms with van der Waals surface area (Å²) in [7, 11) is 0. The minimum absolute atomic E-state index is 0.301. The van der Waals surface area contributed by atoms with Crippen molar-refractivity contribution in [2.75, 3.05) is 0 Å². The second-order valence-corrected chi connectivity index (χ2v) is 5.88. The lowest BCUT2D eigenvalue weighted by Crippen LogP contribution is -2.16. The van der Waals surface area contributed by atoms with E-state index in [1.807, 2.05) is 22.6 Å². The Bertz CT molecular complexity index is 950. The van der Waals surface area contributed by atoms with Crippen LogP contribution in [0.15, 0.2) is 42.7 Å². The third-order valence-electron chi connectivity index (χ3n) is 3.21. The first-order valence-electron chi connectivity index (χ1n) is 6.58. The Morgan fingerprint density at radius 1 is 1.04 bits per heavy atom. The lowest BCUT2D eigenvalue weighted by molar-refractivity contribution is -0.274. The maximum Gasteiger partial charge on any atom is 0.573 e. The Labute approximate surface area is 148 Å². The largest absolute Gasteiger partial charge is 0.573 e. The zero-order valence-corrected chi connectivity index (χ0v) is 14.0. The summed E-state index contributed by atoms with van der Waals surface area (Å²) in [6.07, 6.45) is -1.74. The van der Waals surface area contributed by atoms with Crippen molar-refractivity contribution in [3.8, 4) is 22.9 Å². The minimum atomic E-state index is -4.73. The Balaban J connectivity index is 2.12. The zero-order chi connectivity index (χ0) is 17.3. The van der Waals surface area contributed by atoms with Gasteiger partial charge in [0.05, 0.1) is 11.1 Å². The first-order chi connectivity index (χ1) is 11.4. The molecule has 2 aromatic carbocycles. The quantitative estimate of drug-likeness (QED) is 0.543. The SMILES string of the molecule is N#Cc1c(I)cc(-c2ccc(OC(F)(F)F)cc2)c2nccnc12. The number of fused-ring (bicyclic) bond motifs is 1. The summed E-state index contributed by atoms with van der Waals surface area (Å²) in [6, 6.07) is 9.33. The molecular weight excluding hydrogens is 434 g/mol. The monoisotopic (exact) mass is 441 g/mol. The molecule has 0 radical (unpaired) electrons. The number of hydrogen-bond acceptors (Lipinski definition) is 4. The standard InChI is InChI=1S/C16H7F3IN3O/c17-16(18,19)24-10-3-1-9(2-4-10)11-7-13(20)12(8-21)15-14(11)22-5-6-23-15/h1-7H. The Morgan fingerprint density at radius 3 is 2.25 bits per heavy atom. The number of halogens is 4. The van der Waals surface area contributed by atoms with Crippen molar-refractivity contribution in [2.45, 2.75) is 6.36 Å². The van der Waals surface area contributed by atoms with E-state index in [9.17, 15) is 18.4 Å². The number of rotatable bonds is 2. The number of nitriles is 1. The normalized spacial score (nSPS) is 11.3. The van der Waals surface area contributed by atoms with Gasteiger partial charge < -0.3 is 4.74 Å². The molecule has 0 amide bonds. The van der Waals surface area contributed by atoms with Crippen LogP contribution in [0.5, 0.6) is 5.75 Å². The molecule has 0 saturated carbocycles. The summed E-state index contributed by atoms with van der Waals surface area (Å²) in [4.78, 5) is 8.46. The van der Waals surface area contributed by atoms with Gasteiger partial charge in [-0.2, -0.15) is 5.26 Å². The maximum absolute atomic E-state index is 12.2. The highest BCUT2D eigenvalue weighted by atomic mass is 127. The Kier molecular flexibility index (Phi) is 4.28. The van der Waals surface area contributed by atoms with Gasteiger partial charge in [0.25, 0.3) is 0 Å². The molecule has 0 aliphatic heterocycles. The summed E-state index contributed by atoms with van der Waals surface area (Å²) >= 11 is 2.02. The molecule has 0 aliphatic carbocycles. The Morgan fingerprint density at radius 2 is 1.67 bits per heavy atom. The highest BCUT2D eigenvalue weighted by Gasteiger charge is 2.31. The van der Waals surface area contributed by atoms with E-state index in [1.165, 1.54) is 36.7 Å².